The summed E-state index contributed by atoms with van der Waals surface area (Å²) in [5.41, 5.74) is 8.72. The van der Waals surface area contributed by atoms with Gasteiger partial charge in [0.15, 0.2) is 5.82 Å². The number of nitrogens with one attached hydrogen (secondary N) is 1. The number of hydrogen-bond acceptors (Lipinski definition) is 3. The number of nitrogens with two attached hydrogens (primary N) is 1. The van der Waals surface area contributed by atoms with E-state index in [4.69, 9.17) is 5.73 Å². The maximum Gasteiger partial charge on any atom is 0.152 e. The van der Waals surface area contributed by atoms with Crippen LogP contribution in [0.2, 0.25) is 0 Å². The lowest BCUT2D eigenvalue weighted by Gasteiger charge is -2.07. The predicted octanol–water partition coefficient (Wildman–Crippen LogP) is 2.91. The quantitative estimate of drug-likeness (QED) is 0.844. The summed E-state index contributed by atoms with van der Waals surface area (Å²) in [6, 6.07) is 8.16. The van der Waals surface area contributed by atoms with Crippen LogP contribution in [0.5, 0.6) is 0 Å². The largest absolute Gasteiger partial charge is 0.394 e. The van der Waals surface area contributed by atoms with Crippen LogP contribution in [0.1, 0.15) is 12.6 Å². The fraction of sp³-hybridized carbons (Fsp3) is 0.250. The molecule has 1 aromatic carbocycles. The lowest BCUT2D eigenvalue weighted by molar-refractivity contribution is 0.753. The van der Waals surface area contributed by atoms with E-state index in [1.165, 1.54) is 3.57 Å². The zero-order chi connectivity index (χ0) is 12.4. The van der Waals surface area contributed by atoms with Crippen molar-refractivity contribution in [2.45, 2.75) is 13.3 Å². The molecule has 17 heavy (non-hydrogen) atoms. The zero-order valence-electron chi connectivity index (χ0n) is 9.87. The van der Waals surface area contributed by atoms with Gasteiger partial charge in [-0.05, 0) is 53.3 Å². The molecule has 0 saturated carbocycles. The number of aromatic nitrogens is 2. The summed E-state index contributed by atoms with van der Waals surface area (Å²) >= 11 is 2.28. The first kappa shape index (κ1) is 12.2. The van der Waals surface area contributed by atoms with Gasteiger partial charge in [0, 0.05) is 16.3 Å². The number of aryl methyl sites for hydroxylation is 2. The fourth-order valence-corrected chi connectivity index (χ4v) is 2.03. The third-order valence-electron chi connectivity index (χ3n) is 2.60. The van der Waals surface area contributed by atoms with Crippen LogP contribution in [-0.2, 0) is 13.5 Å². The van der Waals surface area contributed by atoms with Gasteiger partial charge in [-0.1, -0.05) is 6.92 Å². The molecule has 0 aliphatic heterocycles. The molecule has 2 rings (SSSR count). The highest BCUT2D eigenvalue weighted by atomic mass is 127. The molecular weight excluding hydrogens is 327 g/mol. The zero-order valence-corrected chi connectivity index (χ0v) is 12.0. The van der Waals surface area contributed by atoms with Crippen LogP contribution in [0.15, 0.2) is 24.3 Å². The topological polar surface area (TPSA) is 55.9 Å². The molecule has 0 atom stereocenters. The van der Waals surface area contributed by atoms with Gasteiger partial charge in [-0.15, -0.1) is 0 Å². The molecule has 0 aliphatic carbocycles. The summed E-state index contributed by atoms with van der Waals surface area (Å²) < 4.78 is 2.99. The van der Waals surface area contributed by atoms with Gasteiger partial charge >= 0.3 is 0 Å². The Bertz CT molecular complexity index is 516. The van der Waals surface area contributed by atoms with Crippen molar-refractivity contribution in [3.05, 3.63) is 33.5 Å². The van der Waals surface area contributed by atoms with E-state index in [1.54, 1.807) is 4.68 Å². The molecule has 0 saturated heterocycles. The third kappa shape index (κ3) is 2.54. The molecule has 0 amide bonds. The molecule has 2 aromatic rings. The smallest absolute Gasteiger partial charge is 0.152 e. The SMILES string of the molecule is CCc1nn(C)c(Nc2ccc(I)cc2)c1N. The van der Waals surface area contributed by atoms with Crippen molar-refractivity contribution < 1.29 is 0 Å². The Morgan fingerprint density at radius 1 is 1.35 bits per heavy atom. The van der Waals surface area contributed by atoms with E-state index < -0.39 is 0 Å². The monoisotopic (exact) mass is 342 g/mol. The van der Waals surface area contributed by atoms with Crippen molar-refractivity contribution in [1.82, 2.24) is 9.78 Å². The number of nitrogen functional groups attached to an aromatic ring is 1. The minimum Gasteiger partial charge on any atom is -0.394 e. The van der Waals surface area contributed by atoms with Crippen molar-refractivity contribution >= 4 is 39.8 Å². The first-order valence-electron chi connectivity index (χ1n) is 5.45. The Morgan fingerprint density at radius 2 is 2.00 bits per heavy atom. The minimum atomic E-state index is 0.730. The lowest BCUT2D eigenvalue weighted by atomic mass is 10.3. The van der Waals surface area contributed by atoms with Gasteiger partial charge in [-0.25, -0.2) is 0 Å². The second-order valence-electron chi connectivity index (χ2n) is 3.82. The predicted molar refractivity (Wildman–Crippen MR) is 79.4 cm³/mol. The molecular formula is C12H15IN4. The van der Waals surface area contributed by atoms with Crippen LogP contribution >= 0.6 is 22.6 Å². The van der Waals surface area contributed by atoms with Crippen LogP contribution in [0.25, 0.3) is 0 Å². The number of rotatable bonds is 3. The van der Waals surface area contributed by atoms with Crippen molar-refractivity contribution in [2.24, 2.45) is 7.05 Å². The molecule has 0 unspecified atom stereocenters. The molecule has 0 spiro atoms. The first-order valence-corrected chi connectivity index (χ1v) is 6.53. The van der Waals surface area contributed by atoms with Crippen LogP contribution in [-0.4, -0.2) is 9.78 Å². The molecule has 0 bridgehead atoms. The highest BCUT2D eigenvalue weighted by Gasteiger charge is 2.11. The second kappa shape index (κ2) is 4.95. The van der Waals surface area contributed by atoms with Crippen molar-refractivity contribution in [3.8, 4) is 0 Å². The number of benzene rings is 1. The van der Waals surface area contributed by atoms with E-state index in [0.717, 1.165) is 29.3 Å². The summed E-state index contributed by atoms with van der Waals surface area (Å²) in [5, 5.41) is 7.66. The summed E-state index contributed by atoms with van der Waals surface area (Å²) in [4.78, 5) is 0. The van der Waals surface area contributed by atoms with Crippen LogP contribution < -0.4 is 11.1 Å². The minimum absolute atomic E-state index is 0.730. The molecule has 90 valence electrons. The number of halogens is 1. The Kier molecular flexibility index (Phi) is 3.56. The van der Waals surface area contributed by atoms with Crippen molar-refractivity contribution in [2.75, 3.05) is 11.1 Å². The fourth-order valence-electron chi connectivity index (χ4n) is 1.68. The molecule has 3 N–H and O–H groups in total. The maximum absolute atomic E-state index is 6.05. The number of hydrogen-bond donors (Lipinski definition) is 2. The van der Waals surface area contributed by atoms with Gasteiger partial charge in [-0.3, -0.25) is 4.68 Å². The Morgan fingerprint density at radius 3 is 2.53 bits per heavy atom. The van der Waals surface area contributed by atoms with E-state index in [-0.39, 0.29) is 0 Å². The second-order valence-corrected chi connectivity index (χ2v) is 5.06. The van der Waals surface area contributed by atoms with Gasteiger partial charge in [0.05, 0.1) is 11.4 Å². The van der Waals surface area contributed by atoms with E-state index in [1.807, 2.05) is 26.1 Å². The van der Waals surface area contributed by atoms with E-state index >= 15 is 0 Å². The standard InChI is InChI=1S/C12H15IN4/c1-3-10-11(14)12(17(2)16-10)15-9-6-4-8(13)5-7-9/h4-7,15H,3,14H2,1-2H3. The van der Waals surface area contributed by atoms with E-state index in [0.29, 0.717) is 0 Å². The highest BCUT2D eigenvalue weighted by molar-refractivity contribution is 14.1. The van der Waals surface area contributed by atoms with E-state index in [9.17, 15) is 0 Å². The molecule has 1 heterocycles. The van der Waals surface area contributed by atoms with E-state index in [2.05, 4.69) is 45.1 Å². The van der Waals surface area contributed by atoms with Crippen molar-refractivity contribution in [3.63, 3.8) is 0 Å². The van der Waals surface area contributed by atoms with Crippen LogP contribution in [0, 0.1) is 3.57 Å². The first-order chi connectivity index (χ1) is 8.11. The number of nitrogens with zero attached hydrogens (tertiary/aromatic N) is 2. The van der Waals surface area contributed by atoms with Crippen molar-refractivity contribution in [1.29, 1.82) is 0 Å². The average Bonchev–Trinajstić information content (AvgIpc) is 2.59. The molecule has 0 radical (unpaired) electrons. The summed E-state index contributed by atoms with van der Waals surface area (Å²) in [6.07, 6.45) is 0.841. The molecule has 0 fully saturated rings. The van der Waals surface area contributed by atoms with Gasteiger partial charge in [0.2, 0.25) is 0 Å². The molecule has 0 aliphatic rings. The van der Waals surface area contributed by atoms with Gasteiger partial charge in [0.1, 0.15) is 0 Å². The maximum atomic E-state index is 6.05. The Balaban J connectivity index is 2.29. The Hall–Kier alpha value is -1.24. The number of anilines is 3. The van der Waals surface area contributed by atoms with Gasteiger partial charge in [-0.2, -0.15) is 5.10 Å². The average molecular weight is 342 g/mol. The highest BCUT2D eigenvalue weighted by Crippen LogP contribution is 2.26. The normalized spacial score (nSPS) is 10.5. The van der Waals surface area contributed by atoms with Crippen LogP contribution in [0.3, 0.4) is 0 Å². The Labute approximate surface area is 114 Å². The molecule has 4 nitrogen and oxygen atoms in total. The van der Waals surface area contributed by atoms with Gasteiger partial charge < -0.3 is 11.1 Å². The summed E-state index contributed by atoms with van der Waals surface area (Å²) in [6.45, 7) is 2.05. The lowest BCUT2D eigenvalue weighted by Crippen LogP contribution is -2.01. The van der Waals surface area contributed by atoms with Gasteiger partial charge in [0.25, 0.3) is 0 Å². The summed E-state index contributed by atoms with van der Waals surface area (Å²) in [7, 11) is 1.89. The molecule has 1 aromatic heterocycles. The third-order valence-corrected chi connectivity index (χ3v) is 3.32. The van der Waals surface area contributed by atoms with Crippen LogP contribution in [0.4, 0.5) is 17.2 Å². The summed E-state index contributed by atoms with van der Waals surface area (Å²) in [5.74, 6) is 0.850. The molecule has 5 heteroatoms.